The lowest BCUT2D eigenvalue weighted by Gasteiger charge is -2.19. The van der Waals surface area contributed by atoms with Crippen molar-refractivity contribution in [1.29, 1.82) is 0 Å². The first kappa shape index (κ1) is 22.8. The third kappa shape index (κ3) is 6.26. The lowest BCUT2D eigenvalue weighted by atomic mass is 10.0. The van der Waals surface area contributed by atoms with Crippen LogP contribution >= 0.6 is 0 Å². The zero-order valence-electron chi connectivity index (χ0n) is 18.0. The highest BCUT2D eigenvalue weighted by Crippen LogP contribution is 2.14. The van der Waals surface area contributed by atoms with E-state index in [1.165, 1.54) is 0 Å². The van der Waals surface area contributed by atoms with Gasteiger partial charge in [0.15, 0.2) is 0 Å². The Labute approximate surface area is 176 Å². The molecule has 0 saturated heterocycles. The maximum Gasteiger partial charge on any atom is 0.267 e. The zero-order valence-corrected chi connectivity index (χ0v) is 18.0. The standard InChI is InChI=1S/C21H30N8O/c1-6-8-10-21(3,28-20-24-11-9-12-29(20)7-2)15-26-19(23-5)27-16-13-17(25-14-16)18(30)22-4/h8-14,25H,5-7,15H2,1-4H3,(H,22,30)(H,26,27)/b10-8-,28-20?. The Morgan fingerprint density at radius 2 is 2.23 bits per heavy atom. The Morgan fingerprint density at radius 3 is 2.90 bits per heavy atom. The fraction of sp³-hybridized carbons (Fsp3) is 0.381. The second-order valence-corrected chi connectivity index (χ2v) is 6.79. The summed E-state index contributed by atoms with van der Waals surface area (Å²) >= 11 is 0. The number of allylic oxidation sites excluding steroid dienone is 1. The van der Waals surface area contributed by atoms with Crippen LogP contribution in [-0.4, -0.2) is 52.3 Å². The number of aromatic amines is 1. The number of H-pyrrole nitrogens is 1. The molecule has 0 aliphatic rings. The fourth-order valence-electron chi connectivity index (χ4n) is 2.68. The molecule has 2 rings (SSSR count). The van der Waals surface area contributed by atoms with Crippen molar-refractivity contribution in [2.45, 2.75) is 39.3 Å². The smallest absolute Gasteiger partial charge is 0.267 e. The Hall–Kier alpha value is -3.49. The van der Waals surface area contributed by atoms with Crippen molar-refractivity contribution in [1.82, 2.24) is 19.9 Å². The second kappa shape index (κ2) is 10.9. The number of guanidine groups is 1. The second-order valence-electron chi connectivity index (χ2n) is 6.79. The lowest BCUT2D eigenvalue weighted by molar-refractivity contribution is 0.0959. The first-order valence-electron chi connectivity index (χ1n) is 9.88. The molecular weight excluding hydrogens is 380 g/mol. The molecule has 0 aliphatic carbocycles. The van der Waals surface area contributed by atoms with Crippen molar-refractivity contribution in [2.75, 3.05) is 18.9 Å². The summed E-state index contributed by atoms with van der Waals surface area (Å²) in [7, 11) is 1.58. The molecule has 2 aromatic rings. The van der Waals surface area contributed by atoms with Crippen LogP contribution in [0, 0.1) is 0 Å². The summed E-state index contributed by atoms with van der Waals surface area (Å²) in [6.07, 6.45) is 10.3. The highest BCUT2D eigenvalue weighted by Gasteiger charge is 2.20. The van der Waals surface area contributed by atoms with Gasteiger partial charge < -0.3 is 20.2 Å². The van der Waals surface area contributed by atoms with Crippen molar-refractivity contribution < 1.29 is 4.79 Å². The Morgan fingerprint density at radius 1 is 1.43 bits per heavy atom. The van der Waals surface area contributed by atoms with Gasteiger partial charge in [0.25, 0.3) is 5.91 Å². The van der Waals surface area contributed by atoms with Crippen molar-refractivity contribution >= 4 is 24.3 Å². The van der Waals surface area contributed by atoms with Crippen LogP contribution in [0.5, 0.6) is 0 Å². The third-order valence-electron chi connectivity index (χ3n) is 4.32. The number of anilines is 1. The van der Waals surface area contributed by atoms with Crippen LogP contribution in [0.1, 0.15) is 37.7 Å². The van der Waals surface area contributed by atoms with Crippen LogP contribution < -0.4 is 16.3 Å². The molecule has 9 nitrogen and oxygen atoms in total. The van der Waals surface area contributed by atoms with E-state index < -0.39 is 5.54 Å². The average molecular weight is 411 g/mol. The van der Waals surface area contributed by atoms with Crippen LogP contribution in [0.4, 0.5) is 5.69 Å². The van der Waals surface area contributed by atoms with E-state index in [1.54, 1.807) is 25.5 Å². The lowest BCUT2D eigenvalue weighted by Crippen LogP contribution is -2.33. The van der Waals surface area contributed by atoms with Crippen LogP contribution in [0.3, 0.4) is 0 Å². The molecule has 2 heterocycles. The summed E-state index contributed by atoms with van der Waals surface area (Å²) in [4.78, 5) is 32.4. The fourth-order valence-corrected chi connectivity index (χ4v) is 2.68. The first-order valence-corrected chi connectivity index (χ1v) is 9.88. The Balaban J connectivity index is 2.29. The number of rotatable bonds is 8. The summed E-state index contributed by atoms with van der Waals surface area (Å²) in [6, 6.07) is 3.56. The number of aryl methyl sites for hydroxylation is 1. The number of amides is 1. The molecule has 9 heteroatoms. The van der Waals surface area contributed by atoms with Crippen molar-refractivity contribution in [3.05, 3.63) is 54.2 Å². The zero-order chi connectivity index (χ0) is 22.0. The normalized spacial score (nSPS) is 14.5. The van der Waals surface area contributed by atoms with Crippen LogP contribution in [-0.2, 0) is 6.54 Å². The minimum absolute atomic E-state index is 0.205. The predicted octanol–water partition coefficient (Wildman–Crippen LogP) is 2.39. The number of carbonyl (C=O) groups is 1. The molecule has 0 aliphatic heterocycles. The molecule has 0 bridgehead atoms. The Kier molecular flexibility index (Phi) is 8.28. The van der Waals surface area contributed by atoms with Crippen LogP contribution in [0.15, 0.2) is 57.9 Å². The molecule has 1 unspecified atom stereocenters. The minimum Gasteiger partial charge on any atom is -0.355 e. The van der Waals surface area contributed by atoms with Gasteiger partial charge in [0, 0.05) is 32.2 Å². The van der Waals surface area contributed by atoms with E-state index in [9.17, 15) is 4.79 Å². The van der Waals surface area contributed by atoms with Gasteiger partial charge in [0.1, 0.15) is 5.69 Å². The van der Waals surface area contributed by atoms with Gasteiger partial charge in [-0.3, -0.25) is 4.79 Å². The van der Waals surface area contributed by atoms with E-state index in [2.05, 4.69) is 50.3 Å². The molecule has 0 radical (unpaired) electrons. The maximum atomic E-state index is 11.7. The van der Waals surface area contributed by atoms with Crippen molar-refractivity contribution in [3.63, 3.8) is 0 Å². The summed E-state index contributed by atoms with van der Waals surface area (Å²) in [5, 5.41) is 5.63. The number of hydrogen-bond donors (Lipinski definition) is 3. The number of hydrogen-bond acceptors (Lipinski definition) is 4. The van der Waals surface area contributed by atoms with Gasteiger partial charge in [-0.1, -0.05) is 19.1 Å². The number of aliphatic imine (C=N–C) groups is 2. The van der Waals surface area contributed by atoms with E-state index in [-0.39, 0.29) is 5.91 Å². The van der Waals surface area contributed by atoms with Crippen LogP contribution in [0.25, 0.3) is 0 Å². The number of carbonyl (C=O) groups excluding carboxylic acids is 1. The molecule has 2 aromatic heterocycles. The van der Waals surface area contributed by atoms with Gasteiger partial charge in [-0.25, -0.2) is 20.0 Å². The van der Waals surface area contributed by atoms with Crippen molar-refractivity contribution in [3.8, 4) is 0 Å². The van der Waals surface area contributed by atoms with Crippen LogP contribution in [0.2, 0.25) is 0 Å². The average Bonchev–Trinajstić information content (AvgIpc) is 3.23. The summed E-state index contributed by atoms with van der Waals surface area (Å²) in [5.41, 5.74) is 1.13. The predicted molar refractivity (Wildman–Crippen MR) is 121 cm³/mol. The SMILES string of the molecule is C=NC(=NCC(C)(/C=C\CC)N=c1ncccn1CC)Nc1c[nH]c(C(=O)NC)c1. The summed E-state index contributed by atoms with van der Waals surface area (Å²) in [6.45, 7) is 10.8. The topological polar surface area (TPSA) is 112 Å². The molecule has 0 aromatic carbocycles. The van der Waals surface area contributed by atoms with E-state index in [4.69, 9.17) is 4.99 Å². The molecule has 30 heavy (non-hydrogen) atoms. The summed E-state index contributed by atoms with van der Waals surface area (Å²) in [5.74, 6) is 0.136. The minimum atomic E-state index is -0.607. The van der Waals surface area contributed by atoms with Gasteiger partial charge in [-0.2, -0.15) is 0 Å². The van der Waals surface area contributed by atoms with Gasteiger partial charge >= 0.3 is 0 Å². The molecule has 0 spiro atoms. The highest BCUT2D eigenvalue weighted by molar-refractivity contribution is 5.98. The molecule has 0 fully saturated rings. The van der Waals surface area contributed by atoms with Crippen molar-refractivity contribution in [2.24, 2.45) is 15.0 Å². The van der Waals surface area contributed by atoms with E-state index >= 15 is 0 Å². The molecule has 0 saturated carbocycles. The van der Waals surface area contributed by atoms with E-state index in [0.29, 0.717) is 29.5 Å². The first-order chi connectivity index (χ1) is 14.4. The molecule has 3 N–H and O–H groups in total. The summed E-state index contributed by atoms with van der Waals surface area (Å²) < 4.78 is 1.98. The molecule has 160 valence electrons. The number of nitrogens with zero attached hydrogens (tertiary/aromatic N) is 5. The molecule has 1 atom stereocenters. The largest absolute Gasteiger partial charge is 0.355 e. The quantitative estimate of drug-likeness (QED) is 0.353. The number of aromatic nitrogens is 3. The molecule has 1 amide bonds. The van der Waals surface area contributed by atoms with Gasteiger partial charge in [-0.15, -0.1) is 0 Å². The van der Waals surface area contributed by atoms with Gasteiger partial charge in [-0.05, 0) is 39.1 Å². The van der Waals surface area contributed by atoms with Gasteiger partial charge in [0.2, 0.25) is 11.6 Å². The highest BCUT2D eigenvalue weighted by atomic mass is 16.1. The molecular formula is C21H30N8O. The monoisotopic (exact) mass is 410 g/mol. The maximum absolute atomic E-state index is 11.7. The van der Waals surface area contributed by atoms with E-state index in [1.807, 2.05) is 36.8 Å². The van der Waals surface area contributed by atoms with Gasteiger partial charge in [0.05, 0.1) is 17.8 Å². The third-order valence-corrected chi connectivity index (χ3v) is 4.32. The number of nitrogens with one attached hydrogen (secondary N) is 3. The Bertz CT molecular complexity index is 985. The van der Waals surface area contributed by atoms with E-state index in [0.717, 1.165) is 13.0 Å².